The van der Waals surface area contributed by atoms with Crippen molar-refractivity contribution in [3.8, 4) is 0 Å². The summed E-state index contributed by atoms with van der Waals surface area (Å²) in [5, 5.41) is 12.2. The Hall–Kier alpha value is -1.21. The SMILES string of the molecule is CN(C)C(CNC(=O)c1cc(Cl)nnc1Cl)c1cccs1. The number of rotatable bonds is 5. The van der Waals surface area contributed by atoms with Crippen LogP contribution in [0.25, 0.3) is 0 Å². The monoisotopic (exact) mass is 344 g/mol. The molecule has 1 amide bonds. The highest BCUT2D eigenvalue weighted by Crippen LogP contribution is 2.22. The zero-order valence-electron chi connectivity index (χ0n) is 11.5. The number of halogens is 2. The van der Waals surface area contributed by atoms with Crippen LogP contribution in [-0.2, 0) is 0 Å². The van der Waals surface area contributed by atoms with Crippen molar-refractivity contribution < 1.29 is 4.79 Å². The number of hydrogen-bond acceptors (Lipinski definition) is 5. The van der Waals surface area contributed by atoms with Gasteiger partial charge >= 0.3 is 0 Å². The van der Waals surface area contributed by atoms with Gasteiger partial charge in [-0.15, -0.1) is 21.5 Å². The smallest absolute Gasteiger partial charge is 0.254 e. The van der Waals surface area contributed by atoms with Crippen LogP contribution in [-0.4, -0.2) is 41.6 Å². The maximum atomic E-state index is 12.2. The third kappa shape index (κ3) is 4.14. The molecule has 2 heterocycles. The highest BCUT2D eigenvalue weighted by atomic mass is 35.5. The summed E-state index contributed by atoms with van der Waals surface area (Å²) < 4.78 is 0. The number of carbonyl (C=O) groups excluding carboxylic acids is 1. The fourth-order valence-electron chi connectivity index (χ4n) is 1.82. The van der Waals surface area contributed by atoms with Crippen LogP contribution in [0.2, 0.25) is 10.3 Å². The van der Waals surface area contributed by atoms with Gasteiger partial charge < -0.3 is 10.2 Å². The molecule has 0 bridgehead atoms. The highest BCUT2D eigenvalue weighted by Gasteiger charge is 2.18. The van der Waals surface area contributed by atoms with E-state index in [1.807, 2.05) is 36.5 Å². The zero-order valence-corrected chi connectivity index (χ0v) is 13.8. The summed E-state index contributed by atoms with van der Waals surface area (Å²) in [6, 6.07) is 5.53. The summed E-state index contributed by atoms with van der Waals surface area (Å²) in [6.07, 6.45) is 0. The Balaban J connectivity index is 2.07. The van der Waals surface area contributed by atoms with Gasteiger partial charge in [-0.1, -0.05) is 29.3 Å². The second-order valence-electron chi connectivity index (χ2n) is 4.58. The molecule has 2 aromatic rings. The Labute approximate surface area is 136 Å². The Morgan fingerprint density at radius 3 is 2.81 bits per heavy atom. The zero-order chi connectivity index (χ0) is 15.4. The van der Waals surface area contributed by atoms with E-state index in [2.05, 4.69) is 15.5 Å². The fraction of sp³-hybridized carbons (Fsp3) is 0.308. The first-order valence-corrected chi connectivity index (χ1v) is 7.79. The lowest BCUT2D eigenvalue weighted by atomic mass is 10.2. The minimum absolute atomic E-state index is 0.0365. The maximum Gasteiger partial charge on any atom is 0.254 e. The van der Waals surface area contributed by atoms with Gasteiger partial charge in [0.15, 0.2) is 10.3 Å². The third-order valence-electron chi connectivity index (χ3n) is 2.91. The normalized spacial score (nSPS) is 12.4. The van der Waals surface area contributed by atoms with Gasteiger partial charge in [-0.05, 0) is 31.6 Å². The van der Waals surface area contributed by atoms with Crippen molar-refractivity contribution in [2.45, 2.75) is 6.04 Å². The number of nitrogens with one attached hydrogen (secondary N) is 1. The molecule has 0 aliphatic rings. The molecular formula is C13H14Cl2N4OS. The molecule has 1 unspecified atom stereocenters. The van der Waals surface area contributed by atoms with Crippen LogP contribution in [0.5, 0.6) is 0 Å². The van der Waals surface area contributed by atoms with Crippen LogP contribution in [0.1, 0.15) is 21.3 Å². The Morgan fingerprint density at radius 2 is 2.19 bits per heavy atom. The van der Waals surface area contributed by atoms with Gasteiger partial charge in [0.1, 0.15) is 0 Å². The summed E-state index contributed by atoms with van der Waals surface area (Å²) in [7, 11) is 3.93. The van der Waals surface area contributed by atoms with E-state index in [-0.39, 0.29) is 27.8 Å². The van der Waals surface area contributed by atoms with Crippen molar-refractivity contribution in [2.24, 2.45) is 0 Å². The first kappa shape index (κ1) is 16.2. The summed E-state index contributed by atoms with van der Waals surface area (Å²) in [4.78, 5) is 15.4. The van der Waals surface area contributed by atoms with Gasteiger partial charge in [-0.2, -0.15) is 0 Å². The van der Waals surface area contributed by atoms with Gasteiger partial charge in [0.05, 0.1) is 11.6 Å². The predicted octanol–water partition coefficient (Wildman–Crippen LogP) is 2.88. The molecule has 21 heavy (non-hydrogen) atoms. The van der Waals surface area contributed by atoms with Crippen LogP contribution in [0.3, 0.4) is 0 Å². The number of aromatic nitrogens is 2. The second kappa shape index (κ2) is 7.17. The fourth-order valence-corrected chi connectivity index (χ4v) is 3.06. The molecule has 0 saturated carbocycles. The first-order chi connectivity index (χ1) is 9.99. The molecule has 0 aliphatic heterocycles. The van der Waals surface area contributed by atoms with Crippen molar-refractivity contribution in [3.05, 3.63) is 44.3 Å². The Bertz CT molecular complexity index is 619. The van der Waals surface area contributed by atoms with Crippen molar-refractivity contribution in [1.29, 1.82) is 0 Å². The molecule has 2 rings (SSSR count). The van der Waals surface area contributed by atoms with Crippen molar-refractivity contribution >= 4 is 40.4 Å². The number of carbonyl (C=O) groups is 1. The topological polar surface area (TPSA) is 58.1 Å². The number of likely N-dealkylation sites (N-methyl/N-ethyl adjacent to an activating group) is 1. The van der Waals surface area contributed by atoms with Crippen LogP contribution >= 0.6 is 34.5 Å². The van der Waals surface area contributed by atoms with E-state index in [4.69, 9.17) is 23.2 Å². The third-order valence-corrected chi connectivity index (χ3v) is 4.35. The highest BCUT2D eigenvalue weighted by molar-refractivity contribution is 7.10. The molecule has 8 heteroatoms. The van der Waals surface area contributed by atoms with Crippen molar-refractivity contribution in [3.63, 3.8) is 0 Å². The average molecular weight is 345 g/mol. The molecule has 5 nitrogen and oxygen atoms in total. The molecule has 112 valence electrons. The van der Waals surface area contributed by atoms with Crippen molar-refractivity contribution in [2.75, 3.05) is 20.6 Å². The molecule has 0 fully saturated rings. The van der Waals surface area contributed by atoms with Gasteiger partial charge in [-0.25, -0.2) is 0 Å². The predicted molar refractivity (Wildman–Crippen MR) is 85.1 cm³/mol. The van der Waals surface area contributed by atoms with E-state index in [1.165, 1.54) is 10.9 Å². The first-order valence-electron chi connectivity index (χ1n) is 6.15. The van der Waals surface area contributed by atoms with Gasteiger partial charge in [0, 0.05) is 11.4 Å². The maximum absolute atomic E-state index is 12.2. The van der Waals surface area contributed by atoms with E-state index in [9.17, 15) is 4.79 Å². The minimum atomic E-state index is -0.319. The molecule has 2 aromatic heterocycles. The largest absolute Gasteiger partial charge is 0.350 e. The molecule has 0 saturated heterocycles. The summed E-state index contributed by atoms with van der Waals surface area (Å²) in [6.45, 7) is 0.461. The van der Waals surface area contributed by atoms with E-state index in [0.717, 1.165) is 0 Å². The molecular weight excluding hydrogens is 331 g/mol. The quantitative estimate of drug-likeness (QED) is 0.905. The van der Waals surface area contributed by atoms with Crippen LogP contribution < -0.4 is 5.32 Å². The van der Waals surface area contributed by atoms with E-state index >= 15 is 0 Å². The standard InChI is InChI=1S/C13H14Cl2N4OS/c1-19(2)9(10-4-3-5-21-10)7-16-13(20)8-6-11(14)17-18-12(8)15/h3-6,9H,7H2,1-2H3,(H,16,20). The summed E-state index contributed by atoms with van der Waals surface area (Å²) in [5.74, 6) is -0.319. The minimum Gasteiger partial charge on any atom is -0.350 e. The molecule has 0 spiro atoms. The average Bonchev–Trinajstić information content (AvgIpc) is 2.95. The summed E-state index contributed by atoms with van der Waals surface area (Å²) in [5.41, 5.74) is 0.223. The number of thiophene rings is 1. The number of hydrogen-bond donors (Lipinski definition) is 1. The van der Waals surface area contributed by atoms with Gasteiger partial charge in [0.2, 0.25) is 0 Å². The number of nitrogens with zero attached hydrogens (tertiary/aromatic N) is 3. The van der Waals surface area contributed by atoms with Crippen LogP contribution in [0, 0.1) is 0 Å². The van der Waals surface area contributed by atoms with Crippen molar-refractivity contribution in [1.82, 2.24) is 20.4 Å². The van der Waals surface area contributed by atoms with Gasteiger partial charge in [-0.3, -0.25) is 4.79 Å². The molecule has 1 N–H and O–H groups in total. The molecule has 0 aliphatic carbocycles. The van der Waals surface area contributed by atoms with Crippen LogP contribution in [0.4, 0.5) is 0 Å². The molecule has 0 radical (unpaired) electrons. The van der Waals surface area contributed by atoms with Gasteiger partial charge in [0.25, 0.3) is 5.91 Å². The Morgan fingerprint density at radius 1 is 1.43 bits per heavy atom. The number of amides is 1. The lowest BCUT2D eigenvalue weighted by Gasteiger charge is -2.23. The Kier molecular flexibility index (Phi) is 5.52. The molecule has 0 aromatic carbocycles. The lowest BCUT2D eigenvalue weighted by molar-refractivity contribution is 0.0942. The summed E-state index contributed by atoms with van der Waals surface area (Å²) >= 11 is 13.3. The van der Waals surface area contributed by atoms with Crippen LogP contribution in [0.15, 0.2) is 23.6 Å². The van der Waals surface area contributed by atoms with E-state index in [1.54, 1.807) is 11.3 Å². The van der Waals surface area contributed by atoms with E-state index < -0.39 is 0 Å². The second-order valence-corrected chi connectivity index (χ2v) is 6.30. The van der Waals surface area contributed by atoms with E-state index in [0.29, 0.717) is 6.54 Å². The molecule has 1 atom stereocenters. The lowest BCUT2D eigenvalue weighted by Crippen LogP contribution is -2.34.